The Morgan fingerprint density at radius 2 is 1.42 bits per heavy atom. The predicted octanol–water partition coefficient (Wildman–Crippen LogP) is 8.13. The smallest absolute Gasteiger partial charge is 0.127 e. The molecular weight excluding hydrogens is 462 g/mol. The Morgan fingerprint density at radius 1 is 0.711 bits per heavy atom. The third-order valence-electron chi connectivity index (χ3n) is 8.10. The maximum Gasteiger partial charge on any atom is 0.127 e. The number of hydrogen-bond donors (Lipinski definition) is 1. The molecule has 38 heavy (non-hydrogen) atoms. The lowest BCUT2D eigenvalue weighted by Crippen LogP contribution is -2.17. The molecule has 0 atom stereocenters. The maximum atomic E-state index is 6.47. The quantitative estimate of drug-likeness (QED) is 0.196. The van der Waals surface area contributed by atoms with Gasteiger partial charge in [-0.25, -0.2) is 4.99 Å². The summed E-state index contributed by atoms with van der Waals surface area (Å²) in [4.78, 5) is 4.90. The summed E-state index contributed by atoms with van der Waals surface area (Å²) < 4.78 is 2.36. The van der Waals surface area contributed by atoms with Gasteiger partial charge in [0.1, 0.15) is 12.5 Å². The van der Waals surface area contributed by atoms with Crippen LogP contribution < -0.4 is 5.73 Å². The minimum atomic E-state index is -0.130. The Kier molecular flexibility index (Phi) is 5.02. The largest absolute Gasteiger partial charge is 0.383 e. The predicted molar refractivity (Wildman–Crippen MR) is 160 cm³/mol. The van der Waals surface area contributed by atoms with Crippen molar-refractivity contribution in [3.05, 3.63) is 132 Å². The first-order chi connectivity index (χ1) is 18.5. The van der Waals surface area contributed by atoms with Crippen molar-refractivity contribution < 1.29 is 0 Å². The van der Waals surface area contributed by atoms with Crippen molar-refractivity contribution in [2.45, 2.75) is 25.9 Å². The average Bonchev–Trinajstić information content (AvgIpc) is 3.40. The van der Waals surface area contributed by atoms with Gasteiger partial charge in [0.25, 0.3) is 0 Å². The second-order valence-corrected chi connectivity index (χ2v) is 10.6. The molecule has 0 radical (unpaired) electrons. The fourth-order valence-corrected chi connectivity index (χ4v) is 6.26. The second kappa shape index (κ2) is 8.46. The fourth-order valence-electron chi connectivity index (χ4n) is 6.26. The van der Waals surface area contributed by atoms with Crippen LogP contribution in [0.25, 0.3) is 44.1 Å². The summed E-state index contributed by atoms with van der Waals surface area (Å²) in [5.41, 5.74) is 17.5. The molecule has 0 saturated carbocycles. The van der Waals surface area contributed by atoms with E-state index in [1.165, 1.54) is 55.2 Å². The van der Waals surface area contributed by atoms with Crippen LogP contribution in [0.2, 0.25) is 0 Å². The molecule has 3 heteroatoms. The van der Waals surface area contributed by atoms with Gasteiger partial charge in [0.15, 0.2) is 0 Å². The Bertz CT molecular complexity index is 1860. The van der Waals surface area contributed by atoms with E-state index in [-0.39, 0.29) is 5.41 Å². The molecule has 0 aliphatic heterocycles. The van der Waals surface area contributed by atoms with Crippen LogP contribution in [0.4, 0.5) is 0 Å². The molecule has 1 aliphatic rings. The first-order valence-corrected chi connectivity index (χ1v) is 13.1. The molecule has 0 spiro atoms. The highest BCUT2D eigenvalue weighted by Crippen LogP contribution is 2.52. The molecule has 184 valence electrons. The van der Waals surface area contributed by atoms with Crippen molar-refractivity contribution in [1.82, 2.24) is 4.57 Å². The Hall–Kier alpha value is -4.63. The van der Waals surface area contributed by atoms with Gasteiger partial charge in [-0.1, -0.05) is 117 Å². The summed E-state index contributed by atoms with van der Waals surface area (Å²) in [6.07, 6.45) is 0. The van der Waals surface area contributed by atoms with Crippen LogP contribution >= 0.6 is 0 Å². The molecule has 1 aliphatic carbocycles. The fraction of sp³-hybridized carbons (Fsp3) is 0.114. The summed E-state index contributed by atoms with van der Waals surface area (Å²) >= 11 is 0. The van der Waals surface area contributed by atoms with Crippen LogP contribution in [0.5, 0.6) is 0 Å². The zero-order chi connectivity index (χ0) is 25.9. The number of nitrogens with zero attached hydrogens (tertiary/aromatic N) is 2. The van der Waals surface area contributed by atoms with Crippen LogP contribution in [0.3, 0.4) is 0 Å². The van der Waals surface area contributed by atoms with Gasteiger partial charge in [-0.15, -0.1) is 0 Å². The number of rotatable bonds is 4. The normalized spacial score (nSPS) is 14.1. The van der Waals surface area contributed by atoms with Crippen molar-refractivity contribution in [1.29, 1.82) is 0 Å². The van der Waals surface area contributed by atoms with Gasteiger partial charge in [0, 0.05) is 21.8 Å². The van der Waals surface area contributed by atoms with Crippen LogP contribution in [0.1, 0.15) is 30.5 Å². The molecule has 3 nitrogen and oxygen atoms in total. The van der Waals surface area contributed by atoms with Gasteiger partial charge < -0.3 is 10.3 Å². The molecule has 1 heterocycles. The van der Waals surface area contributed by atoms with Crippen LogP contribution in [-0.4, -0.2) is 10.4 Å². The van der Waals surface area contributed by atoms with Crippen LogP contribution in [0.15, 0.2) is 120 Å². The monoisotopic (exact) mass is 491 g/mol. The van der Waals surface area contributed by atoms with Gasteiger partial charge in [-0.2, -0.15) is 0 Å². The maximum absolute atomic E-state index is 6.47. The van der Waals surface area contributed by atoms with E-state index in [1.54, 1.807) is 0 Å². The van der Waals surface area contributed by atoms with E-state index in [9.17, 15) is 0 Å². The van der Waals surface area contributed by atoms with Gasteiger partial charge in [-0.3, -0.25) is 0 Å². The van der Waals surface area contributed by atoms with E-state index >= 15 is 0 Å². The lowest BCUT2D eigenvalue weighted by molar-refractivity contribution is 0.658. The van der Waals surface area contributed by atoms with Crippen LogP contribution in [-0.2, 0) is 12.1 Å². The minimum Gasteiger partial charge on any atom is -0.383 e. The zero-order valence-corrected chi connectivity index (χ0v) is 21.6. The molecule has 2 N–H and O–H groups in total. The third-order valence-corrected chi connectivity index (χ3v) is 8.10. The topological polar surface area (TPSA) is 43.3 Å². The van der Waals surface area contributed by atoms with E-state index < -0.39 is 0 Å². The average molecular weight is 492 g/mol. The van der Waals surface area contributed by atoms with Crippen molar-refractivity contribution in [3.8, 4) is 22.3 Å². The molecular formula is C35H29N3. The zero-order valence-electron chi connectivity index (χ0n) is 21.6. The number of hydrogen-bond acceptors (Lipinski definition) is 1. The number of benzene rings is 5. The van der Waals surface area contributed by atoms with Crippen molar-refractivity contribution in [2.75, 3.05) is 0 Å². The molecule has 0 unspecified atom stereocenters. The lowest BCUT2D eigenvalue weighted by atomic mass is 9.81. The van der Waals surface area contributed by atoms with Crippen molar-refractivity contribution in [2.24, 2.45) is 10.7 Å². The first-order valence-electron chi connectivity index (χ1n) is 13.1. The Labute approximate surface area is 222 Å². The number of amidine groups is 1. The lowest BCUT2D eigenvalue weighted by Gasteiger charge is -2.23. The summed E-state index contributed by atoms with van der Waals surface area (Å²) in [6.45, 7) is 5.14. The van der Waals surface area contributed by atoms with Crippen molar-refractivity contribution in [3.63, 3.8) is 0 Å². The molecule has 1 aromatic heterocycles. The summed E-state index contributed by atoms with van der Waals surface area (Å²) in [5.74, 6) is 0.552. The standard InChI is InChI=1S/C35H29N3/c1-35(2)30-16-10-9-15-26(30)27-18-19-28-29-21-25(23-11-5-3-6-12-23)17-20-31(29)38(33(28)32(27)35)22-37-34(36)24-13-7-4-8-14-24/h3-21H,22H2,1-2H3,(H2,36,37). The van der Waals surface area contributed by atoms with Crippen molar-refractivity contribution >= 4 is 27.6 Å². The van der Waals surface area contributed by atoms with E-state index in [0.29, 0.717) is 12.5 Å². The molecule has 0 fully saturated rings. The number of aromatic nitrogens is 1. The summed E-state index contributed by atoms with van der Waals surface area (Å²) in [6, 6.07) is 40.8. The molecule has 0 bridgehead atoms. The highest BCUT2D eigenvalue weighted by Gasteiger charge is 2.38. The second-order valence-electron chi connectivity index (χ2n) is 10.6. The summed E-state index contributed by atoms with van der Waals surface area (Å²) in [7, 11) is 0. The number of nitrogens with two attached hydrogens (primary N) is 1. The van der Waals surface area contributed by atoms with Gasteiger partial charge in [0.2, 0.25) is 0 Å². The Balaban J connectivity index is 1.51. The molecule has 0 saturated heterocycles. The minimum absolute atomic E-state index is 0.130. The highest BCUT2D eigenvalue weighted by atomic mass is 15.1. The van der Waals surface area contributed by atoms with E-state index in [0.717, 1.165) is 5.56 Å². The molecule has 0 amide bonds. The van der Waals surface area contributed by atoms with Gasteiger partial charge in [-0.05, 0) is 45.5 Å². The number of fused-ring (bicyclic) bond motifs is 7. The Morgan fingerprint density at radius 3 is 2.21 bits per heavy atom. The van der Waals surface area contributed by atoms with Gasteiger partial charge >= 0.3 is 0 Å². The SMILES string of the molecule is CC1(C)c2ccccc2-c2ccc3c4cc(-c5ccccc5)ccc4n(C/N=C(\N)c4ccccc4)c3c21. The van der Waals surface area contributed by atoms with Crippen LogP contribution in [0, 0.1) is 0 Å². The highest BCUT2D eigenvalue weighted by molar-refractivity contribution is 6.13. The molecule has 6 aromatic rings. The molecule has 5 aromatic carbocycles. The van der Waals surface area contributed by atoms with E-state index in [2.05, 4.69) is 103 Å². The van der Waals surface area contributed by atoms with E-state index in [4.69, 9.17) is 10.7 Å². The van der Waals surface area contributed by atoms with E-state index in [1.807, 2.05) is 30.3 Å². The molecule has 7 rings (SSSR count). The number of aliphatic imine (C=N–C) groups is 1. The third kappa shape index (κ3) is 3.32. The van der Waals surface area contributed by atoms with Gasteiger partial charge in [0.05, 0.1) is 11.0 Å². The first kappa shape index (κ1) is 22.6. The summed E-state index contributed by atoms with van der Waals surface area (Å²) in [5, 5.41) is 2.50.